The molecule has 1 aromatic heterocycles. The quantitative estimate of drug-likeness (QED) is 0.677. The number of hydrogen-bond donors (Lipinski definition) is 2. The summed E-state index contributed by atoms with van der Waals surface area (Å²) in [5.74, 6) is -0.956. The van der Waals surface area contributed by atoms with Crippen molar-refractivity contribution in [1.29, 1.82) is 0 Å². The van der Waals surface area contributed by atoms with E-state index >= 15 is 0 Å². The summed E-state index contributed by atoms with van der Waals surface area (Å²) < 4.78 is 13.9. The first kappa shape index (κ1) is 18.8. The molecule has 0 spiro atoms. The van der Waals surface area contributed by atoms with E-state index in [0.29, 0.717) is 21.9 Å². The maximum absolute atomic E-state index is 13.9. The summed E-state index contributed by atoms with van der Waals surface area (Å²) in [6, 6.07) is 18.6. The Morgan fingerprint density at radius 2 is 1.70 bits per heavy atom. The fourth-order valence-corrected chi connectivity index (χ4v) is 3.47. The maximum atomic E-state index is 13.9. The lowest BCUT2D eigenvalue weighted by Crippen LogP contribution is -2.44. The zero-order chi connectivity index (χ0) is 19.2. The monoisotopic (exact) mass is 382 g/mol. The van der Waals surface area contributed by atoms with Crippen molar-refractivity contribution in [2.45, 2.75) is 19.5 Å². The fourth-order valence-electron chi connectivity index (χ4n) is 2.54. The van der Waals surface area contributed by atoms with Gasteiger partial charge in [-0.1, -0.05) is 48.5 Å². The van der Waals surface area contributed by atoms with E-state index in [0.717, 1.165) is 5.56 Å². The molecule has 0 saturated carbocycles. The van der Waals surface area contributed by atoms with Gasteiger partial charge in [-0.05, 0) is 30.7 Å². The molecule has 0 aliphatic carbocycles. The molecule has 1 unspecified atom stereocenters. The average molecular weight is 382 g/mol. The van der Waals surface area contributed by atoms with Crippen LogP contribution in [0.5, 0.6) is 0 Å². The molecule has 0 saturated heterocycles. The van der Waals surface area contributed by atoms with Crippen LogP contribution in [-0.4, -0.2) is 17.9 Å². The molecule has 3 aromatic rings. The number of rotatable bonds is 6. The Morgan fingerprint density at radius 3 is 2.44 bits per heavy atom. The van der Waals surface area contributed by atoms with E-state index in [9.17, 15) is 14.0 Å². The van der Waals surface area contributed by atoms with Gasteiger partial charge in [0.15, 0.2) is 0 Å². The smallest absolute Gasteiger partial charge is 0.262 e. The number of hydrogen-bond acceptors (Lipinski definition) is 3. The normalized spacial score (nSPS) is 11.6. The van der Waals surface area contributed by atoms with Crippen molar-refractivity contribution >= 4 is 23.2 Å². The van der Waals surface area contributed by atoms with E-state index in [1.54, 1.807) is 37.3 Å². The summed E-state index contributed by atoms with van der Waals surface area (Å²) in [5.41, 5.74) is 1.44. The van der Waals surface area contributed by atoms with E-state index in [1.165, 1.54) is 17.4 Å². The predicted molar refractivity (Wildman–Crippen MR) is 105 cm³/mol. The summed E-state index contributed by atoms with van der Waals surface area (Å²) in [6.45, 7) is 2.03. The highest BCUT2D eigenvalue weighted by Gasteiger charge is 2.18. The third kappa shape index (κ3) is 4.80. The molecule has 6 heteroatoms. The number of amides is 2. The zero-order valence-electron chi connectivity index (χ0n) is 14.7. The van der Waals surface area contributed by atoms with Crippen molar-refractivity contribution in [2.24, 2.45) is 0 Å². The van der Waals surface area contributed by atoms with Gasteiger partial charge < -0.3 is 10.6 Å². The maximum Gasteiger partial charge on any atom is 0.262 e. The van der Waals surface area contributed by atoms with Crippen LogP contribution < -0.4 is 10.6 Å². The van der Waals surface area contributed by atoms with Gasteiger partial charge in [-0.3, -0.25) is 9.59 Å². The molecule has 2 aromatic carbocycles. The number of carbonyl (C=O) groups excluding carboxylic acids is 2. The van der Waals surface area contributed by atoms with Crippen molar-refractivity contribution in [2.75, 3.05) is 0 Å². The Kier molecular flexibility index (Phi) is 5.98. The molecule has 0 fully saturated rings. The van der Waals surface area contributed by atoms with Crippen molar-refractivity contribution in [3.63, 3.8) is 0 Å². The zero-order valence-corrected chi connectivity index (χ0v) is 15.6. The minimum Gasteiger partial charge on any atom is -0.350 e. The number of carbonyl (C=O) groups is 2. The van der Waals surface area contributed by atoms with Crippen LogP contribution in [0, 0.1) is 5.82 Å². The molecule has 138 valence electrons. The van der Waals surface area contributed by atoms with Crippen LogP contribution in [0.1, 0.15) is 22.2 Å². The van der Waals surface area contributed by atoms with Crippen LogP contribution in [0.15, 0.2) is 66.7 Å². The summed E-state index contributed by atoms with van der Waals surface area (Å²) in [5, 5.41) is 5.47. The van der Waals surface area contributed by atoms with Crippen LogP contribution in [0.25, 0.3) is 10.4 Å². The molecular weight excluding hydrogens is 363 g/mol. The first-order valence-electron chi connectivity index (χ1n) is 8.52. The molecule has 2 amide bonds. The van der Waals surface area contributed by atoms with Gasteiger partial charge in [0.25, 0.3) is 5.91 Å². The average Bonchev–Trinajstić information content (AvgIpc) is 3.17. The van der Waals surface area contributed by atoms with Crippen molar-refractivity contribution < 1.29 is 14.0 Å². The number of halogens is 1. The molecular formula is C21H19FN2O2S. The molecule has 2 N–H and O–H groups in total. The highest BCUT2D eigenvalue weighted by atomic mass is 32.1. The minimum absolute atomic E-state index is 0.266. The van der Waals surface area contributed by atoms with E-state index < -0.39 is 6.04 Å². The Bertz CT molecular complexity index is 940. The van der Waals surface area contributed by atoms with Crippen molar-refractivity contribution in [3.8, 4) is 10.4 Å². The summed E-state index contributed by atoms with van der Waals surface area (Å²) in [6.07, 6.45) is 0. The van der Waals surface area contributed by atoms with Crippen molar-refractivity contribution in [3.05, 3.63) is 83.0 Å². The second-order valence-electron chi connectivity index (χ2n) is 6.04. The third-order valence-corrected chi connectivity index (χ3v) is 5.14. The van der Waals surface area contributed by atoms with E-state index in [-0.39, 0.29) is 17.6 Å². The summed E-state index contributed by atoms with van der Waals surface area (Å²) in [4.78, 5) is 25.7. The molecule has 27 heavy (non-hydrogen) atoms. The van der Waals surface area contributed by atoms with E-state index in [4.69, 9.17) is 0 Å². The number of thiophene rings is 1. The highest BCUT2D eigenvalue weighted by molar-refractivity contribution is 7.17. The lowest BCUT2D eigenvalue weighted by atomic mass is 10.2. The molecule has 3 rings (SSSR count). The third-order valence-electron chi connectivity index (χ3n) is 4.02. The van der Waals surface area contributed by atoms with Crippen LogP contribution in [0.3, 0.4) is 0 Å². The standard InChI is InChI=1S/C21H19FN2O2S/c1-14(20(25)23-13-15-7-3-2-4-8-15)24-21(26)19-12-11-18(27-19)16-9-5-6-10-17(16)22/h2-12,14H,13H2,1H3,(H,23,25)(H,24,26). The SMILES string of the molecule is CC(NC(=O)c1ccc(-c2ccccc2F)s1)C(=O)NCc1ccccc1. The molecule has 4 nitrogen and oxygen atoms in total. The van der Waals surface area contributed by atoms with Gasteiger partial charge >= 0.3 is 0 Å². The largest absolute Gasteiger partial charge is 0.350 e. The van der Waals surface area contributed by atoms with Gasteiger partial charge in [0.1, 0.15) is 11.9 Å². The highest BCUT2D eigenvalue weighted by Crippen LogP contribution is 2.29. The van der Waals surface area contributed by atoms with E-state index in [1.807, 2.05) is 30.3 Å². The summed E-state index contributed by atoms with van der Waals surface area (Å²) >= 11 is 1.19. The van der Waals surface area contributed by atoms with Gasteiger partial charge in [0.2, 0.25) is 5.91 Å². The first-order valence-corrected chi connectivity index (χ1v) is 9.33. The topological polar surface area (TPSA) is 58.2 Å². The van der Waals surface area contributed by atoms with Crippen LogP contribution >= 0.6 is 11.3 Å². The van der Waals surface area contributed by atoms with Gasteiger partial charge in [-0.2, -0.15) is 0 Å². The molecule has 1 atom stereocenters. The number of benzene rings is 2. The van der Waals surface area contributed by atoms with Crippen LogP contribution in [0.2, 0.25) is 0 Å². The molecule has 0 aliphatic rings. The summed E-state index contributed by atoms with van der Waals surface area (Å²) in [7, 11) is 0. The second kappa shape index (κ2) is 8.60. The minimum atomic E-state index is -0.680. The lowest BCUT2D eigenvalue weighted by Gasteiger charge is -2.13. The molecule has 0 bridgehead atoms. The predicted octanol–water partition coefficient (Wildman–Crippen LogP) is 3.99. The Hall–Kier alpha value is -2.99. The molecule has 1 heterocycles. The fraction of sp³-hybridized carbons (Fsp3) is 0.143. The van der Waals surface area contributed by atoms with Crippen LogP contribution in [-0.2, 0) is 11.3 Å². The Morgan fingerprint density at radius 1 is 1.00 bits per heavy atom. The van der Waals surface area contributed by atoms with E-state index in [2.05, 4.69) is 10.6 Å². The van der Waals surface area contributed by atoms with Gasteiger partial charge in [-0.25, -0.2) is 4.39 Å². The molecule has 0 aliphatic heterocycles. The van der Waals surface area contributed by atoms with Crippen LogP contribution in [0.4, 0.5) is 4.39 Å². The lowest BCUT2D eigenvalue weighted by molar-refractivity contribution is -0.122. The Balaban J connectivity index is 1.58. The second-order valence-corrected chi connectivity index (χ2v) is 7.13. The van der Waals surface area contributed by atoms with Gasteiger partial charge in [0, 0.05) is 17.0 Å². The Labute approximate surface area is 161 Å². The molecule has 0 radical (unpaired) electrons. The first-order chi connectivity index (χ1) is 13.0. The number of nitrogens with one attached hydrogen (secondary N) is 2. The van der Waals surface area contributed by atoms with Gasteiger partial charge in [0.05, 0.1) is 4.88 Å². The van der Waals surface area contributed by atoms with Gasteiger partial charge in [-0.15, -0.1) is 11.3 Å². The van der Waals surface area contributed by atoms with Crippen molar-refractivity contribution in [1.82, 2.24) is 10.6 Å².